The fourth-order valence-electron chi connectivity index (χ4n) is 1.80. The zero-order valence-corrected chi connectivity index (χ0v) is 11.1. The molecule has 0 aromatic carbocycles. The van der Waals surface area contributed by atoms with Crippen LogP contribution >= 0.6 is 0 Å². The van der Waals surface area contributed by atoms with Crippen LogP contribution in [0.5, 0.6) is 0 Å². The number of nitrogens with zero attached hydrogens (tertiary/aromatic N) is 2. The summed E-state index contributed by atoms with van der Waals surface area (Å²) in [6.45, 7) is 5.79. The second-order valence-electron chi connectivity index (χ2n) is 4.59. The molecule has 0 aromatic rings. The first-order valence-corrected chi connectivity index (χ1v) is 6.56. The Morgan fingerprint density at radius 1 is 1.53 bits per heavy atom. The zero-order chi connectivity index (χ0) is 12.5. The Balaban J connectivity index is 2.40. The molecule has 3 N–H and O–H groups in total. The van der Waals surface area contributed by atoms with Gasteiger partial charge in [0.05, 0.1) is 0 Å². The fraction of sp³-hybridized carbons (Fsp3) is 0.917. The van der Waals surface area contributed by atoms with Crippen LogP contribution in [0.1, 0.15) is 32.6 Å². The van der Waals surface area contributed by atoms with E-state index in [1.54, 1.807) is 7.11 Å². The number of rotatable bonds is 8. The average molecular weight is 242 g/mol. The van der Waals surface area contributed by atoms with E-state index in [2.05, 4.69) is 22.2 Å². The Labute approximate surface area is 104 Å². The third-order valence-electron chi connectivity index (χ3n) is 2.87. The van der Waals surface area contributed by atoms with Crippen molar-refractivity contribution in [2.75, 3.05) is 33.4 Å². The van der Waals surface area contributed by atoms with Crippen LogP contribution in [0.2, 0.25) is 0 Å². The Morgan fingerprint density at radius 3 is 2.82 bits per heavy atom. The summed E-state index contributed by atoms with van der Waals surface area (Å²) < 4.78 is 5.01. The topological polar surface area (TPSA) is 62.9 Å². The third-order valence-corrected chi connectivity index (χ3v) is 2.87. The van der Waals surface area contributed by atoms with Crippen LogP contribution in [0.4, 0.5) is 0 Å². The molecule has 0 amide bonds. The Morgan fingerprint density at radius 2 is 2.29 bits per heavy atom. The number of nitrogens with two attached hydrogens (primary N) is 1. The van der Waals surface area contributed by atoms with Gasteiger partial charge in [-0.3, -0.25) is 10.4 Å². The third kappa shape index (κ3) is 5.89. The summed E-state index contributed by atoms with van der Waals surface area (Å²) >= 11 is 0. The Bertz CT molecular complexity index is 229. The van der Waals surface area contributed by atoms with Gasteiger partial charge in [0.15, 0.2) is 0 Å². The van der Waals surface area contributed by atoms with Crippen LogP contribution in [0.15, 0.2) is 4.99 Å². The van der Waals surface area contributed by atoms with Gasteiger partial charge in [0, 0.05) is 33.4 Å². The standard InChI is InChI=1S/C12H26N4O/c1-3-8-16(10-11-5-6-11)12(15-13)14-7-4-9-17-2/h11H,3-10,13H2,1-2H3,(H,14,15). The fourth-order valence-corrected chi connectivity index (χ4v) is 1.80. The normalized spacial score (nSPS) is 16.1. The molecule has 17 heavy (non-hydrogen) atoms. The minimum atomic E-state index is 0.748. The number of hydrogen-bond acceptors (Lipinski definition) is 3. The molecule has 1 saturated carbocycles. The maximum atomic E-state index is 5.56. The van der Waals surface area contributed by atoms with E-state index < -0.39 is 0 Å². The number of methoxy groups -OCH3 is 1. The lowest BCUT2D eigenvalue weighted by atomic mass is 10.3. The lowest BCUT2D eigenvalue weighted by Crippen LogP contribution is -2.46. The number of hydrogen-bond donors (Lipinski definition) is 2. The van der Waals surface area contributed by atoms with Crippen LogP contribution < -0.4 is 11.3 Å². The molecule has 0 radical (unpaired) electrons. The molecule has 0 heterocycles. The molecule has 0 atom stereocenters. The van der Waals surface area contributed by atoms with Gasteiger partial charge in [0.25, 0.3) is 0 Å². The van der Waals surface area contributed by atoms with Gasteiger partial charge in [0.2, 0.25) is 5.96 Å². The van der Waals surface area contributed by atoms with E-state index >= 15 is 0 Å². The van der Waals surface area contributed by atoms with Crippen molar-refractivity contribution in [1.82, 2.24) is 10.3 Å². The molecule has 0 unspecified atom stereocenters. The van der Waals surface area contributed by atoms with E-state index in [9.17, 15) is 0 Å². The summed E-state index contributed by atoms with van der Waals surface area (Å²) in [5.74, 6) is 7.24. The van der Waals surface area contributed by atoms with Crippen LogP contribution in [0.25, 0.3) is 0 Å². The second kappa shape index (κ2) is 8.31. The van der Waals surface area contributed by atoms with Crippen molar-refractivity contribution in [3.05, 3.63) is 0 Å². The van der Waals surface area contributed by atoms with E-state index in [0.29, 0.717) is 0 Å². The highest BCUT2D eigenvalue weighted by atomic mass is 16.5. The number of nitrogens with one attached hydrogen (secondary N) is 1. The minimum Gasteiger partial charge on any atom is -0.385 e. The summed E-state index contributed by atoms with van der Waals surface area (Å²) in [7, 11) is 1.71. The van der Waals surface area contributed by atoms with Gasteiger partial charge in [-0.1, -0.05) is 6.92 Å². The maximum absolute atomic E-state index is 5.56. The lowest BCUT2D eigenvalue weighted by molar-refractivity contribution is 0.197. The van der Waals surface area contributed by atoms with Crippen molar-refractivity contribution < 1.29 is 4.74 Å². The number of hydrazine groups is 1. The summed E-state index contributed by atoms with van der Waals surface area (Å²) in [5.41, 5.74) is 2.73. The summed E-state index contributed by atoms with van der Waals surface area (Å²) in [6.07, 6.45) is 4.75. The van der Waals surface area contributed by atoms with Crippen molar-refractivity contribution in [3.63, 3.8) is 0 Å². The largest absolute Gasteiger partial charge is 0.385 e. The van der Waals surface area contributed by atoms with Crippen molar-refractivity contribution in [2.24, 2.45) is 16.8 Å². The van der Waals surface area contributed by atoms with Crippen molar-refractivity contribution in [3.8, 4) is 0 Å². The molecule has 1 fully saturated rings. The van der Waals surface area contributed by atoms with E-state index in [0.717, 1.165) is 51.0 Å². The molecule has 5 heteroatoms. The van der Waals surface area contributed by atoms with E-state index in [4.69, 9.17) is 10.6 Å². The number of aliphatic imine (C=N–C) groups is 1. The highest BCUT2D eigenvalue weighted by molar-refractivity contribution is 5.79. The van der Waals surface area contributed by atoms with E-state index in [1.807, 2.05) is 0 Å². The van der Waals surface area contributed by atoms with E-state index in [-0.39, 0.29) is 0 Å². The lowest BCUT2D eigenvalue weighted by Gasteiger charge is -2.25. The van der Waals surface area contributed by atoms with Gasteiger partial charge >= 0.3 is 0 Å². The van der Waals surface area contributed by atoms with Crippen LogP contribution in [0.3, 0.4) is 0 Å². The number of guanidine groups is 1. The summed E-state index contributed by atoms with van der Waals surface area (Å²) in [6, 6.07) is 0. The first kappa shape index (κ1) is 14.3. The SMILES string of the molecule is CCCN(CC1CC1)C(=NCCCOC)NN. The molecule has 5 nitrogen and oxygen atoms in total. The van der Waals surface area contributed by atoms with Gasteiger partial charge in [-0.25, -0.2) is 5.84 Å². The first-order chi connectivity index (χ1) is 8.31. The molecular formula is C12H26N4O. The van der Waals surface area contributed by atoms with Crippen molar-refractivity contribution >= 4 is 5.96 Å². The molecule has 0 aliphatic heterocycles. The second-order valence-corrected chi connectivity index (χ2v) is 4.59. The number of ether oxygens (including phenoxy) is 1. The highest BCUT2D eigenvalue weighted by Crippen LogP contribution is 2.29. The van der Waals surface area contributed by atoms with Gasteiger partial charge in [0.1, 0.15) is 0 Å². The monoisotopic (exact) mass is 242 g/mol. The molecule has 1 rings (SSSR count). The van der Waals surface area contributed by atoms with Crippen molar-refractivity contribution in [1.29, 1.82) is 0 Å². The Kier molecular flexibility index (Phi) is 6.96. The highest BCUT2D eigenvalue weighted by Gasteiger charge is 2.25. The Hall–Kier alpha value is -0.810. The maximum Gasteiger partial charge on any atom is 0.208 e. The van der Waals surface area contributed by atoms with Gasteiger partial charge in [-0.15, -0.1) is 0 Å². The van der Waals surface area contributed by atoms with E-state index in [1.165, 1.54) is 12.8 Å². The molecule has 0 spiro atoms. The molecule has 1 aliphatic rings. The van der Waals surface area contributed by atoms with Crippen molar-refractivity contribution in [2.45, 2.75) is 32.6 Å². The van der Waals surface area contributed by atoms with Crippen LogP contribution in [-0.2, 0) is 4.74 Å². The molecule has 100 valence electrons. The molecule has 0 saturated heterocycles. The quantitative estimate of drug-likeness (QED) is 0.219. The zero-order valence-electron chi connectivity index (χ0n) is 11.1. The first-order valence-electron chi connectivity index (χ1n) is 6.56. The summed E-state index contributed by atoms with van der Waals surface area (Å²) in [5, 5.41) is 0. The smallest absolute Gasteiger partial charge is 0.208 e. The van der Waals surface area contributed by atoms with Gasteiger partial charge in [-0.05, 0) is 31.6 Å². The molecular weight excluding hydrogens is 216 g/mol. The van der Waals surface area contributed by atoms with Crippen LogP contribution in [0, 0.1) is 5.92 Å². The average Bonchev–Trinajstić information content (AvgIpc) is 3.13. The minimum absolute atomic E-state index is 0.748. The summed E-state index contributed by atoms with van der Waals surface area (Å²) in [4.78, 5) is 6.77. The predicted molar refractivity (Wildman–Crippen MR) is 70.7 cm³/mol. The predicted octanol–water partition coefficient (Wildman–Crippen LogP) is 0.964. The van der Waals surface area contributed by atoms with Gasteiger partial charge < -0.3 is 9.64 Å². The van der Waals surface area contributed by atoms with Gasteiger partial charge in [-0.2, -0.15) is 0 Å². The molecule has 0 bridgehead atoms. The molecule has 0 aromatic heterocycles. The van der Waals surface area contributed by atoms with Crippen LogP contribution in [-0.4, -0.2) is 44.2 Å². The molecule has 1 aliphatic carbocycles.